The van der Waals surface area contributed by atoms with Gasteiger partial charge in [0.1, 0.15) is 5.75 Å². The van der Waals surface area contributed by atoms with Gasteiger partial charge >= 0.3 is 0 Å². The van der Waals surface area contributed by atoms with Crippen LogP contribution in [0.2, 0.25) is 0 Å². The number of phenols is 1. The first-order valence-corrected chi connectivity index (χ1v) is 5.93. The van der Waals surface area contributed by atoms with Gasteiger partial charge in [-0.2, -0.15) is 0 Å². The monoisotopic (exact) mass is 220 g/mol. The maximum absolute atomic E-state index is 9.89. The first-order chi connectivity index (χ1) is 7.68. The molecule has 1 saturated heterocycles. The van der Waals surface area contributed by atoms with Crippen LogP contribution in [0.3, 0.4) is 0 Å². The van der Waals surface area contributed by atoms with Gasteiger partial charge in [0.2, 0.25) is 0 Å². The number of aryl methyl sites for hydroxylation is 1. The van der Waals surface area contributed by atoms with Crippen molar-refractivity contribution < 1.29 is 5.11 Å². The van der Waals surface area contributed by atoms with E-state index in [0.717, 1.165) is 31.7 Å². The van der Waals surface area contributed by atoms with E-state index in [-0.39, 0.29) is 0 Å². The summed E-state index contributed by atoms with van der Waals surface area (Å²) in [6.45, 7) is 8.41. The molecule has 88 valence electrons. The number of nitrogens with one attached hydrogen (secondary N) is 1. The molecule has 0 aromatic heterocycles. The Kier molecular flexibility index (Phi) is 3.46. The zero-order valence-electron chi connectivity index (χ0n) is 10.0. The number of hydrogen-bond donors (Lipinski definition) is 2. The molecule has 0 unspecified atom stereocenters. The van der Waals surface area contributed by atoms with E-state index in [9.17, 15) is 5.11 Å². The van der Waals surface area contributed by atoms with Crippen molar-refractivity contribution >= 4 is 0 Å². The third-order valence-corrected chi connectivity index (χ3v) is 3.33. The Balaban J connectivity index is 2.18. The number of hydrogen-bond acceptors (Lipinski definition) is 3. The minimum atomic E-state index is 0.294. The molecule has 1 fully saturated rings. The Hall–Kier alpha value is -1.06. The molecule has 0 aliphatic carbocycles. The zero-order valence-corrected chi connectivity index (χ0v) is 10.0. The summed E-state index contributed by atoms with van der Waals surface area (Å²) >= 11 is 0. The molecule has 0 radical (unpaired) electrons. The molecular formula is C13H20N2O. The molecule has 3 heteroatoms. The molecule has 16 heavy (non-hydrogen) atoms. The molecule has 2 rings (SSSR count). The molecule has 3 nitrogen and oxygen atoms in total. The minimum Gasteiger partial charge on any atom is -0.508 e. The first kappa shape index (κ1) is 11.4. The maximum Gasteiger partial charge on any atom is 0.120 e. The molecule has 0 amide bonds. The number of aromatic hydroxyl groups is 1. The Labute approximate surface area is 97.1 Å². The van der Waals surface area contributed by atoms with Gasteiger partial charge in [0.25, 0.3) is 0 Å². The fourth-order valence-corrected chi connectivity index (χ4v) is 2.27. The Morgan fingerprint density at radius 1 is 1.31 bits per heavy atom. The summed E-state index contributed by atoms with van der Waals surface area (Å²) in [5.41, 5.74) is 2.25. The second-order valence-corrected chi connectivity index (χ2v) is 4.52. The highest BCUT2D eigenvalue weighted by molar-refractivity contribution is 5.37. The second-order valence-electron chi connectivity index (χ2n) is 4.52. The van der Waals surface area contributed by atoms with E-state index in [0.29, 0.717) is 11.8 Å². The fourth-order valence-electron chi connectivity index (χ4n) is 2.27. The molecule has 1 heterocycles. The molecule has 0 bridgehead atoms. The van der Waals surface area contributed by atoms with Crippen molar-refractivity contribution in [2.75, 3.05) is 26.2 Å². The Morgan fingerprint density at radius 3 is 2.69 bits per heavy atom. The lowest BCUT2D eigenvalue weighted by molar-refractivity contribution is 0.183. The molecule has 1 atom stereocenters. The minimum absolute atomic E-state index is 0.294. The summed E-state index contributed by atoms with van der Waals surface area (Å²) in [5.74, 6) is 0.414. The second kappa shape index (κ2) is 4.85. The van der Waals surface area contributed by atoms with Crippen molar-refractivity contribution in [3.05, 3.63) is 29.3 Å². The number of benzene rings is 1. The van der Waals surface area contributed by atoms with Gasteiger partial charge in [-0.25, -0.2) is 0 Å². The lowest BCUT2D eigenvalue weighted by atomic mass is 10.0. The van der Waals surface area contributed by atoms with Crippen molar-refractivity contribution in [3.8, 4) is 5.75 Å². The maximum atomic E-state index is 9.89. The van der Waals surface area contributed by atoms with Gasteiger partial charge < -0.3 is 10.4 Å². The molecule has 2 N–H and O–H groups in total. The van der Waals surface area contributed by atoms with Gasteiger partial charge in [-0.3, -0.25) is 4.90 Å². The third kappa shape index (κ3) is 2.36. The van der Waals surface area contributed by atoms with E-state index in [1.54, 1.807) is 6.07 Å². The predicted octanol–water partition coefficient (Wildman–Crippen LogP) is 1.67. The number of nitrogens with zero attached hydrogens (tertiary/aromatic N) is 1. The van der Waals surface area contributed by atoms with E-state index in [2.05, 4.69) is 30.1 Å². The quantitative estimate of drug-likeness (QED) is 0.796. The summed E-state index contributed by atoms with van der Waals surface area (Å²) in [6.07, 6.45) is 0. The van der Waals surface area contributed by atoms with Crippen LogP contribution in [0.1, 0.15) is 24.1 Å². The SMILES string of the molecule is Cc1ccc(O)c([C@H](C)N2CCNCC2)c1. The Morgan fingerprint density at radius 2 is 2.00 bits per heavy atom. The van der Waals surface area contributed by atoms with Gasteiger partial charge in [-0.05, 0) is 19.9 Å². The molecule has 1 aliphatic rings. The first-order valence-electron chi connectivity index (χ1n) is 5.93. The highest BCUT2D eigenvalue weighted by Crippen LogP contribution is 2.29. The van der Waals surface area contributed by atoms with Gasteiger partial charge in [0.05, 0.1) is 0 Å². The van der Waals surface area contributed by atoms with E-state index >= 15 is 0 Å². The highest BCUT2D eigenvalue weighted by atomic mass is 16.3. The van der Waals surface area contributed by atoms with E-state index in [1.165, 1.54) is 5.56 Å². The number of phenolic OH excluding ortho intramolecular Hbond substituents is 1. The summed E-state index contributed by atoms with van der Waals surface area (Å²) in [6, 6.07) is 6.12. The smallest absolute Gasteiger partial charge is 0.120 e. The van der Waals surface area contributed by atoms with E-state index < -0.39 is 0 Å². The standard InChI is InChI=1S/C13H20N2O/c1-10-3-4-13(16)12(9-10)11(2)15-7-5-14-6-8-15/h3-4,9,11,14,16H,5-8H2,1-2H3/t11-/m0/s1. The summed E-state index contributed by atoms with van der Waals surface area (Å²) < 4.78 is 0. The molecular weight excluding hydrogens is 200 g/mol. The zero-order chi connectivity index (χ0) is 11.5. The summed E-state index contributed by atoms with van der Waals surface area (Å²) in [4.78, 5) is 2.41. The molecule has 0 saturated carbocycles. The highest BCUT2D eigenvalue weighted by Gasteiger charge is 2.20. The average Bonchev–Trinajstić information content (AvgIpc) is 2.32. The van der Waals surface area contributed by atoms with Crippen LogP contribution in [-0.4, -0.2) is 36.2 Å². The van der Waals surface area contributed by atoms with Crippen LogP contribution in [0.25, 0.3) is 0 Å². The van der Waals surface area contributed by atoms with E-state index in [1.807, 2.05) is 6.07 Å². The third-order valence-electron chi connectivity index (χ3n) is 3.33. The molecule has 0 spiro atoms. The van der Waals surface area contributed by atoms with Gasteiger partial charge in [0.15, 0.2) is 0 Å². The van der Waals surface area contributed by atoms with Crippen LogP contribution < -0.4 is 5.32 Å². The van der Waals surface area contributed by atoms with Crippen LogP contribution in [0.5, 0.6) is 5.75 Å². The fraction of sp³-hybridized carbons (Fsp3) is 0.538. The number of piperazine rings is 1. The van der Waals surface area contributed by atoms with Crippen LogP contribution in [0, 0.1) is 6.92 Å². The van der Waals surface area contributed by atoms with Crippen molar-refractivity contribution in [2.24, 2.45) is 0 Å². The van der Waals surface area contributed by atoms with Crippen LogP contribution in [-0.2, 0) is 0 Å². The van der Waals surface area contributed by atoms with Crippen LogP contribution in [0.4, 0.5) is 0 Å². The van der Waals surface area contributed by atoms with Gasteiger partial charge in [-0.1, -0.05) is 17.7 Å². The van der Waals surface area contributed by atoms with Crippen molar-refractivity contribution in [1.82, 2.24) is 10.2 Å². The van der Waals surface area contributed by atoms with Gasteiger partial charge in [0, 0.05) is 37.8 Å². The predicted molar refractivity (Wildman–Crippen MR) is 65.7 cm³/mol. The molecule has 1 aromatic rings. The Bertz CT molecular complexity index is 359. The lowest BCUT2D eigenvalue weighted by Crippen LogP contribution is -2.44. The summed E-state index contributed by atoms with van der Waals surface area (Å²) in [7, 11) is 0. The van der Waals surface area contributed by atoms with E-state index in [4.69, 9.17) is 0 Å². The summed E-state index contributed by atoms with van der Waals surface area (Å²) in [5, 5.41) is 13.2. The lowest BCUT2D eigenvalue weighted by Gasteiger charge is -2.33. The number of rotatable bonds is 2. The average molecular weight is 220 g/mol. The van der Waals surface area contributed by atoms with Crippen LogP contribution >= 0.6 is 0 Å². The van der Waals surface area contributed by atoms with Crippen molar-refractivity contribution in [3.63, 3.8) is 0 Å². The molecule has 1 aliphatic heterocycles. The topological polar surface area (TPSA) is 35.5 Å². The largest absolute Gasteiger partial charge is 0.508 e. The van der Waals surface area contributed by atoms with Crippen molar-refractivity contribution in [1.29, 1.82) is 0 Å². The van der Waals surface area contributed by atoms with Crippen LogP contribution in [0.15, 0.2) is 18.2 Å². The van der Waals surface area contributed by atoms with Gasteiger partial charge in [-0.15, -0.1) is 0 Å². The van der Waals surface area contributed by atoms with Crippen molar-refractivity contribution in [2.45, 2.75) is 19.9 Å². The normalized spacial score (nSPS) is 19.6. The molecule has 1 aromatic carbocycles.